The first-order valence-corrected chi connectivity index (χ1v) is 11.0. The number of methoxy groups -OCH3 is 1. The van der Waals surface area contributed by atoms with Gasteiger partial charge in [0.25, 0.3) is 0 Å². The number of rotatable bonds is 8. The number of nitrogens with zero attached hydrogens (tertiary/aromatic N) is 3. The normalized spacial score (nSPS) is 12.3. The zero-order valence-corrected chi connectivity index (χ0v) is 17.9. The van der Waals surface area contributed by atoms with E-state index in [9.17, 15) is 17.6 Å². The molecule has 1 N–H and O–H groups in total. The summed E-state index contributed by atoms with van der Waals surface area (Å²) in [6.07, 6.45) is 0.972. The van der Waals surface area contributed by atoms with Crippen LogP contribution < -0.4 is 14.4 Å². The van der Waals surface area contributed by atoms with E-state index in [1.54, 1.807) is 31.4 Å². The van der Waals surface area contributed by atoms with Gasteiger partial charge in [0, 0.05) is 5.56 Å². The number of nitrogens with one attached hydrogen (secondary N) is 1. The lowest BCUT2D eigenvalue weighted by Gasteiger charge is -2.28. The van der Waals surface area contributed by atoms with E-state index in [1.165, 1.54) is 19.1 Å². The summed E-state index contributed by atoms with van der Waals surface area (Å²) in [5.74, 6) is 0.0747. The Balaban J connectivity index is 1.69. The first kappa shape index (κ1) is 22.2. The molecule has 0 saturated carbocycles. The number of benzene rings is 2. The van der Waals surface area contributed by atoms with Crippen molar-refractivity contribution in [3.05, 3.63) is 60.2 Å². The fraction of sp³-hybridized carbons (Fsp3) is 0.250. The summed E-state index contributed by atoms with van der Waals surface area (Å²) in [5.41, 5.74) is 0.876. The number of anilines is 1. The summed E-state index contributed by atoms with van der Waals surface area (Å²) in [5, 5.41) is 6.45. The van der Waals surface area contributed by atoms with Gasteiger partial charge >= 0.3 is 0 Å². The standard InChI is InChI=1S/C20H21FN4O5S/c1-13(25(31(3,27)28)16-8-6-15(21)7-9-16)20(26)22-12-18-23-19(24-30-18)14-4-10-17(29-2)11-5-14/h4-11,13H,12H2,1-3H3,(H,22,26). The van der Waals surface area contributed by atoms with Crippen LogP contribution in [0.1, 0.15) is 12.8 Å². The molecule has 3 aromatic rings. The summed E-state index contributed by atoms with van der Waals surface area (Å²) in [6, 6.07) is 10.8. The molecule has 3 rings (SSSR count). The van der Waals surface area contributed by atoms with Crippen LogP contribution in [0.3, 0.4) is 0 Å². The fourth-order valence-electron chi connectivity index (χ4n) is 2.89. The molecule has 31 heavy (non-hydrogen) atoms. The molecule has 0 aliphatic carbocycles. The van der Waals surface area contributed by atoms with Crippen LogP contribution in [0.15, 0.2) is 53.1 Å². The van der Waals surface area contributed by atoms with E-state index >= 15 is 0 Å². The number of halogens is 1. The molecule has 0 spiro atoms. The van der Waals surface area contributed by atoms with Crippen LogP contribution in [0.5, 0.6) is 5.75 Å². The minimum atomic E-state index is -3.81. The second-order valence-corrected chi connectivity index (χ2v) is 8.53. The fourth-order valence-corrected chi connectivity index (χ4v) is 4.07. The van der Waals surface area contributed by atoms with Crippen molar-refractivity contribution in [2.45, 2.75) is 19.5 Å². The minimum Gasteiger partial charge on any atom is -0.497 e. The van der Waals surface area contributed by atoms with Crippen molar-refractivity contribution in [3.8, 4) is 17.1 Å². The van der Waals surface area contributed by atoms with E-state index in [2.05, 4.69) is 15.5 Å². The van der Waals surface area contributed by atoms with Gasteiger partial charge in [-0.3, -0.25) is 9.10 Å². The largest absolute Gasteiger partial charge is 0.497 e. The van der Waals surface area contributed by atoms with Crippen LogP contribution >= 0.6 is 0 Å². The Labute approximate surface area is 178 Å². The minimum absolute atomic E-state index is 0.0899. The first-order chi connectivity index (χ1) is 14.7. The van der Waals surface area contributed by atoms with Crippen LogP contribution in [0.2, 0.25) is 0 Å². The Hall–Kier alpha value is -3.47. The van der Waals surface area contributed by atoms with Gasteiger partial charge < -0.3 is 14.6 Å². The highest BCUT2D eigenvalue weighted by Gasteiger charge is 2.29. The van der Waals surface area contributed by atoms with E-state index < -0.39 is 27.8 Å². The molecule has 1 unspecified atom stereocenters. The summed E-state index contributed by atoms with van der Waals surface area (Å²) in [6.45, 7) is 1.34. The predicted octanol–water partition coefficient (Wildman–Crippen LogP) is 2.36. The number of aromatic nitrogens is 2. The third-order valence-electron chi connectivity index (χ3n) is 4.40. The molecule has 1 aromatic heterocycles. The van der Waals surface area contributed by atoms with Gasteiger partial charge in [0.1, 0.15) is 17.6 Å². The number of ether oxygens (including phenoxy) is 1. The highest BCUT2D eigenvalue weighted by molar-refractivity contribution is 7.92. The predicted molar refractivity (Wildman–Crippen MR) is 111 cm³/mol. The summed E-state index contributed by atoms with van der Waals surface area (Å²) in [4.78, 5) is 16.8. The molecule has 1 amide bonds. The van der Waals surface area contributed by atoms with Gasteiger partial charge in [-0.15, -0.1) is 0 Å². The molecule has 11 heteroatoms. The van der Waals surface area contributed by atoms with Crippen LogP contribution in [0, 0.1) is 5.82 Å². The third-order valence-corrected chi connectivity index (χ3v) is 5.64. The number of carbonyl (C=O) groups excluding carboxylic acids is 1. The molecule has 1 atom stereocenters. The molecule has 2 aromatic carbocycles. The summed E-state index contributed by atoms with van der Waals surface area (Å²) < 4.78 is 48.9. The van der Waals surface area contributed by atoms with Gasteiger partial charge in [-0.05, 0) is 55.5 Å². The maximum Gasteiger partial charge on any atom is 0.246 e. The van der Waals surface area contributed by atoms with Crippen molar-refractivity contribution < 1.29 is 26.9 Å². The molecule has 9 nitrogen and oxygen atoms in total. The molecular formula is C20H21FN4O5S. The van der Waals surface area contributed by atoms with E-state index in [-0.39, 0.29) is 18.1 Å². The smallest absolute Gasteiger partial charge is 0.246 e. The topological polar surface area (TPSA) is 115 Å². The van der Waals surface area contributed by atoms with Crippen molar-refractivity contribution in [1.82, 2.24) is 15.5 Å². The second kappa shape index (κ2) is 9.13. The van der Waals surface area contributed by atoms with Gasteiger partial charge in [-0.25, -0.2) is 12.8 Å². The number of sulfonamides is 1. The van der Waals surface area contributed by atoms with Crippen LogP contribution in [0.25, 0.3) is 11.4 Å². The lowest BCUT2D eigenvalue weighted by molar-refractivity contribution is -0.122. The average Bonchev–Trinajstić information content (AvgIpc) is 3.21. The molecule has 0 radical (unpaired) electrons. The lowest BCUT2D eigenvalue weighted by Crippen LogP contribution is -2.47. The Morgan fingerprint density at radius 1 is 1.19 bits per heavy atom. The molecular weight excluding hydrogens is 427 g/mol. The van der Waals surface area contributed by atoms with E-state index in [4.69, 9.17) is 9.26 Å². The maximum absolute atomic E-state index is 13.2. The number of hydrogen-bond acceptors (Lipinski definition) is 7. The van der Waals surface area contributed by atoms with E-state index in [0.717, 1.165) is 22.7 Å². The van der Waals surface area contributed by atoms with E-state index in [1.807, 2.05) is 0 Å². The van der Waals surface area contributed by atoms with Crippen LogP contribution in [-0.2, 0) is 21.4 Å². The van der Waals surface area contributed by atoms with Crippen molar-refractivity contribution in [1.29, 1.82) is 0 Å². The molecule has 0 fully saturated rings. The van der Waals surface area contributed by atoms with E-state index in [0.29, 0.717) is 17.1 Å². The van der Waals surface area contributed by atoms with Crippen molar-refractivity contribution >= 4 is 21.6 Å². The summed E-state index contributed by atoms with van der Waals surface area (Å²) >= 11 is 0. The monoisotopic (exact) mass is 448 g/mol. The number of carbonyl (C=O) groups is 1. The van der Waals surface area contributed by atoms with Gasteiger partial charge in [-0.1, -0.05) is 5.16 Å². The van der Waals surface area contributed by atoms with Crippen molar-refractivity contribution in [2.24, 2.45) is 0 Å². The molecule has 0 aliphatic rings. The molecule has 1 heterocycles. The average molecular weight is 448 g/mol. The number of hydrogen-bond donors (Lipinski definition) is 1. The second-order valence-electron chi connectivity index (χ2n) is 6.67. The van der Waals surface area contributed by atoms with Crippen LogP contribution in [0.4, 0.5) is 10.1 Å². The Morgan fingerprint density at radius 3 is 2.42 bits per heavy atom. The summed E-state index contributed by atoms with van der Waals surface area (Å²) in [7, 11) is -2.25. The molecule has 0 aliphatic heterocycles. The molecule has 0 bridgehead atoms. The van der Waals surface area contributed by atoms with Gasteiger partial charge in [-0.2, -0.15) is 4.98 Å². The van der Waals surface area contributed by atoms with Crippen LogP contribution in [-0.4, -0.2) is 43.9 Å². The first-order valence-electron chi connectivity index (χ1n) is 9.18. The third kappa shape index (κ3) is 5.37. The van der Waals surface area contributed by atoms with Gasteiger partial charge in [0.15, 0.2) is 0 Å². The van der Waals surface area contributed by atoms with Crippen molar-refractivity contribution in [2.75, 3.05) is 17.7 Å². The Morgan fingerprint density at radius 2 is 1.84 bits per heavy atom. The maximum atomic E-state index is 13.2. The van der Waals surface area contributed by atoms with Crippen molar-refractivity contribution in [3.63, 3.8) is 0 Å². The Bertz CT molecular complexity index is 1150. The quantitative estimate of drug-likeness (QED) is 0.563. The SMILES string of the molecule is COc1ccc(-c2noc(CNC(=O)C(C)N(c3ccc(F)cc3)S(C)(=O)=O)n2)cc1. The molecule has 164 valence electrons. The molecule has 0 saturated heterocycles. The zero-order valence-electron chi connectivity index (χ0n) is 17.1. The number of amides is 1. The highest BCUT2D eigenvalue weighted by Crippen LogP contribution is 2.22. The highest BCUT2D eigenvalue weighted by atomic mass is 32.2. The zero-order chi connectivity index (χ0) is 22.6. The lowest BCUT2D eigenvalue weighted by atomic mass is 10.2. The van der Waals surface area contributed by atoms with Gasteiger partial charge in [0.2, 0.25) is 27.6 Å². The Kier molecular flexibility index (Phi) is 6.54. The van der Waals surface area contributed by atoms with Gasteiger partial charge in [0.05, 0.1) is 25.6 Å².